The molecule has 2 aromatic rings. The molecule has 1 saturated heterocycles. The van der Waals surface area contributed by atoms with E-state index in [0.29, 0.717) is 12.1 Å². The molecule has 5 nitrogen and oxygen atoms in total. The molecule has 0 aliphatic carbocycles. The molecular weight excluding hydrogens is 288 g/mol. The number of hydrogen-bond donors (Lipinski definition) is 1. The van der Waals surface area contributed by atoms with E-state index in [1.807, 2.05) is 11.8 Å². The highest BCUT2D eigenvalue weighted by atomic mass is 16.2. The molecule has 1 aliphatic heterocycles. The summed E-state index contributed by atoms with van der Waals surface area (Å²) >= 11 is 0. The molecule has 0 bridgehead atoms. The van der Waals surface area contributed by atoms with Gasteiger partial charge in [-0.2, -0.15) is 0 Å². The largest absolute Gasteiger partial charge is 0.329 e. The van der Waals surface area contributed by atoms with Gasteiger partial charge in [-0.05, 0) is 24.5 Å². The molecule has 1 unspecified atom stereocenters. The van der Waals surface area contributed by atoms with Gasteiger partial charge in [0, 0.05) is 25.8 Å². The first kappa shape index (κ1) is 15.6. The highest BCUT2D eigenvalue weighted by Crippen LogP contribution is 2.25. The normalized spacial score (nSPS) is 18.0. The lowest BCUT2D eigenvalue weighted by atomic mass is 10.00. The van der Waals surface area contributed by atoms with Gasteiger partial charge in [0.2, 0.25) is 0 Å². The third-order valence-electron chi connectivity index (χ3n) is 4.42. The van der Waals surface area contributed by atoms with E-state index in [1.165, 1.54) is 11.9 Å². The van der Waals surface area contributed by atoms with Crippen LogP contribution in [0, 0.1) is 6.92 Å². The Balaban J connectivity index is 1.89. The van der Waals surface area contributed by atoms with Crippen LogP contribution in [-0.2, 0) is 6.42 Å². The van der Waals surface area contributed by atoms with Crippen molar-refractivity contribution < 1.29 is 4.79 Å². The minimum atomic E-state index is 0.00849. The van der Waals surface area contributed by atoms with Crippen molar-refractivity contribution >= 4 is 5.91 Å². The second-order valence-electron chi connectivity index (χ2n) is 5.84. The number of benzene rings is 1. The van der Waals surface area contributed by atoms with Crippen molar-refractivity contribution in [2.45, 2.75) is 26.3 Å². The molecule has 23 heavy (non-hydrogen) atoms. The number of amides is 1. The van der Waals surface area contributed by atoms with Crippen LogP contribution in [0.3, 0.4) is 0 Å². The fraction of sp³-hybridized carbons (Fsp3) is 0.389. The van der Waals surface area contributed by atoms with Crippen LogP contribution in [0.4, 0.5) is 0 Å². The molecule has 120 valence electrons. The third kappa shape index (κ3) is 3.24. The fourth-order valence-corrected chi connectivity index (χ4v) is 2.98. The summed E-state index contributed by atoms with van der Waals surface area (Å²) < 4.78 is 0. The van der Waals surface area contributed by atoms with E-state index >= 15 is 0 Å². The van der Waals surface area contributed by atoms with Crippen LogP contribution in [0.5, 0.6) is 0 Å². The number of nitrogens with zero attached hydrogens (tertiary/aromatic N) is 3. The lowest BCUT2D eigenvalue weighted by Gasteiger charge is -2.36. The Morgan fingerprint density at radius 1 is 1.35 bits per heavy atom. The van der Waals surface area contributed by atoms with Gasteiger partial charge in [0.15, 0.2) is 0 Å². The molecular formula is C18H22N4O. The Kier molecular flexibility index (Phi) is 4.67. The van der Waals surface area contributed by atoms with Crippen LogP contribution in [-0.4, -0.2) is 40.4 Å². The summed E-state index contributed by atoms with van der Waals surface area (Å²) in [6.07, 6.45) is 4.11. The summed E-state index contributed by atoms with van der Waals surface area (Å²) in [6.45, 7) is 6.26. The number of nitrogens with one attached hydrogen (secondary N) is 1. The Bertz CT molecular complexity index is 684. The van der Waals surface area contributed by atoms with Crippen LogP contribution in [0.15, 0.2) is 36.8 Å². The second-order valence-corrected chi connectivity index (χ2v) is 5.84. The van der Waals surface area contributed by atoms with Crippen molar-refractivity contribution in [3.8, 4) is 0 Å². The van der Waals surface area contributed by atoms with Crippen molar-refractivity contribution in [1.29, 1.82) is 0 Å². The molecule has 1 amide bonds. The van der Waals surface area contributed by atoms with Crippen LogP contribution >= 0.6 is 0 Å². The van der Waals surface area contributed by atoms with Gasteiger partial charge in [-0.1, -0.05) is 31.2 Å². The first-order valence-corrected chi connectivity index (χ1v) is 8.08. The highest BCUT2D eigenvalue weighted by molar-refractivity contribution is 5.95. The van der Waals surface area contributed by atoms with Gasteiger partial charge in [0.05, 0.1) is 17.3 Å². The summed E-state index contributed by atoms with van der Waals surface area (Å²) in [5.74, 6) is 0.00849. The van der Waals surface area contributed by atoms with E-state index in [-0.39, 0.29) is 11.9 Å². The average molecular weight is 310 g/mol. The number of hydrogen-bond acceptors (Lipinski definition) is 4. The van der Waals surface area contributed by atoms with Gasteiger partial charge in [-0.15, -0.1) is 0 Å². The minimum Gasteiger partial charge on any atom is -0.329 e. The number of piperazine rings is 1. The van der Waals surface area contributed by atoms with Gasteiger partial charge in [-0.3, -0.25) is 4.79 Å². The van der Waals surface area contributed by atoms with E-state index < -0.39 is 0 Å². The van der Waals surface area contributed by atoms with Gasteiger partial charge < -0.3 is 10.2 Å². The van der Waals surface area contributed by atoms with Crippen molar-refractivity contribution in [2.24, 2.45) is 0 Å². The molecule has 2 heterocycles. The highest BCUT2D eigenvalue weighted by Gasteiger charge is 2.29. The quantitative estimate of drug-likeness (QED) is 0.943. The number of aromatic nitrogens is 2. The second kappa shape index (κ2) is 6.87. The molecule has 1 fully saturated rings. The molecule has 1 N–H and O–H groups in total. The number of aryl methyl sites for hydroxylation is 2. The molecule has 5 heteroatoms. The predicted octanol–water partition coefficient (Wildman–Crippen LogP) is 2.13. The Morgan fingerprint density at radius 2 is 2.13 bits per heavy atom. The molecule has 1 aliphatic rings. The van der Waals surface area contributed by atoms with Crippen LogP contribution in [0.2, 0.25) is 0 Å². The zero-order chi connectivity index (χ0) is 16.2. The topological polar surface area (TPSA) is 58.1 Å². The smallest absolute Gasteiger partial charge is 0.257 e. The molecule has 1 aromatic heterocycles. The SMILES string of the molecule is CCc1ccc(C2CNCCN2C(=O)c2cncnc2C)cc1. The van der Waals surface area contributed by atoms with Crippen molar-refractivity contribution in [3.05, 3.63) is 59.2 Å². The first-order chi connectivity index (χ1) is 11.2. The van der Waals surface area contributed by atoms with Crippen LogP contribution in [0.1, 0.15) is 40.1 Å². The molecule has 0 saturated carbocycles. The summed E-state index contributed by atoms with van der Waals surface area (Å²) in [5, 5.41) is 3.39. The summed E-state index contributed by atoms with van der Waals surface area (Å²) in [6, 6.07) is 8.59. The first-order valence-electron chi connectivity index (χ1n) is 8.08. The Labute approximate surface area is 136 Å². The Hall–Kier alpha value is -2.27. The Morgan fingerprint density at radius 3 is 2.83 bits per heavy atom. The van der Waals surface area contributed by atoms with Gasteiger partial charge in [0.1, 0.15) is 6.33 Å². The standard InChI is InChI=1S/C18H22N4O/c1-3-14-4-6-15(7-5-14)17-11-19-8-9-22(17)18(23)16-10-20-12-21-13(16)2/h4-7,10,12,17,19H,3,8-9,11H2,1-2H3. The number of carbonyl (C=O) groups is 1. The molecule has 3 rings (SSSR count). The maximum Gasteiger partial charge on any atom is 0.257 e. The summed E-state index contributed by atoms with van der Waals surface area (Å²) in [4.78, 5) is 23.0. The van der Waals surface area contributed by atoms with E-state index in [2.05, 4.69) is 46.5 Å². The number of rotatable bonds is 3. The molecule has 1 aromatic carbocycles. The van der Waals surface area contributed by atoms with Gasteiger partial charge in [0.25, 0.3) is 5.91 Å². The lowest BCUT2D eigenvalue weighted by molar-refractivity contribution is 0.0632. The predicted molar refractivity (Wildman–Crippen MR) is 89.2 cm³/mol. The fourth-order valence-electron chi connectivity index (χ4n) is 2.98. The lowest BCUT2D eigenvalue weighted by Crippen LogP contribution is -2.48. The summed E-state index contributed by atoms with van der Waals surface area (Å²) in [7, 11) is 0. The van der Waals surface area contributed by atoms with E-state index in [9.17, 15) is 4.79 Å². The van der Waals surface area contributed by atoms with Crippen molar-refractivity contribution in [2.75, 3.05) is 19.6 Å². The number of carbonyl (C=O) groups excluding carboxylic acids is 1. The van der Waals surface area contributed by atoms with Crippen molar-refractivity contribution in [3.63, 3.8) is 0 Å². The third-order valence-corrected chi connectivity index (χ3v) is 4.42. The minimum absolute atomic E-state index is 0.00849. The molecule has 0 spiro atoms. The average Bonchev–Trinajstić information content (AvgIpc) is 2.62. The maximum absolute atomic E-state index is 12.9. The molecule has 0 radical (unpaired) electrons. The zero-order valence-electron chi connectivity index (χ0n) is 13.6. The van der Waals surface area contributed by atoms with E-state index in [4.69, 9.17) is 0 Å². The maximum atomic E-state index is 12.9. The molecule has 1 atom stereocenters. The van der Waals surface area contributed by atoms with Gasteiger partial charge in [-0.25, -0.2) is 9.97 Å². The van der Waals surface area contributed by atoms with Gasteiger partial charge >= 0.3 is 0 Å². The van der Waals surface area contributed by atoms with E-state index in [1.54, 1.807) is 6.20 Å². The monoisotopic (exact) mass is 310 g/mol. The zero-order valence-corrected chi connectivity index (χ0v) is 13.6. The van der Waals surface area contributed by atoms with E-state index in [0.717, 1.165) is 30.8 Å². The van der Waals surface area contributed by atoms with Crippen LogP contribution in [0.25, 0.3) is 0 Å². The van der Waals surface area contributed by atoms with Crippen molar-refractivity contribution in [1.82, 2.24) is 20.2 Å². The summed E-state index contributed by atoms with van der Waals surface area (Å²) in [5.41, 5.74) is 3.79. The van der Waals surface area contributed by atoms with Crippen LogP contribution < -0.4 is 5.32 Å².